The van der Waals surface area contributed by atoms with Gasteiger partial charge in [0, 0.05) is 21.2 Å². The SMILES string of the molecule is CC(NC(=S)Nc1ccc(NC(=O)c2cc3ccccc3o2)cc1)c1ccc(Br)cc1. The zero-order chi connectivity index (χ0) is 21.8. The third kappa shape index (κ3) is 5.31. The molecule has 0 spiro atoms. The molecule has 0 saturated heterocycles. The Balaban J connectivity index is 1.33. The first kappa shape index (κ1) is 21.1. The molecule has 4 aromatic rings. The molecule has 3 aromatic carbocycles. The van der Waals surface area contributed by atoms with Gasteiger partial charge >= 0.3 is 0 Å². The third-order valence-electron chi connectivity index (χ3n) is 4.77. The second kappa shape index (κ2) is 9.32. The highest BCUT2D eigenvalue weighted by Crippen LogP contribution is 2.21. The lowest BCUT2D eigenvalue weighted by Gasteiger charge is -2.17. The molecule has 3 N–H and O–H groups in total. The summed E-state index contributed by atoms with van der Waals surface area (Å²) >= 11 is 8.86. The highest BCUT2D eigenvalue weighted by molar-refractivity contribution is 9.10. The van der Waals surface area contributed by atoms with Gasteiger partial charge in [0.2, 0.25) is 0 Å². The quantitative estimate of drug-likeness (QED) is 0.277. The van der Waals surface area contributed by atoms with Crippen LogP contribution in [-0.4, -0.2) is 11.0 Å². The Morgan fingerprint density at radius 3 is 2.26 bits per heavy atom. The molecule has 0 bridgehead atoms. The van der Waals surface area contributed by atoms with Crippen LogP contribution < -0.4 is 16.0 Å². The molecule has 5 nitrogen and oxygen atoms in total. The number of rotatable bonds is 5. The van der Waals surface area contributed by atoms with Crippen molar-refractivity contribution in [1.82, 2.24) is 5.32 Å². The van der Waals surface area contributed by atoms with Crippen molar-refractivity contribution in [1.29, 1.82) is 0 Å². The molecule has 1 heterocycles. The van der Waals surface area contributed by atoms with Crippen molar-refractivity contribution in [2.45, 2.75) is 13.0 Å². The first-order valence-corrected chi connectivity index (χ1v) is 10.9. The standard InChI is InChI=1S/C24H20BrN3O2S/c1-15(16-6-8-18(25)9-7-16)26-24(31)28-20-12-10-19(11-13-20)27-23(29)22-14-17-4-2-3-5-21(17)30-22/h2-15H,1H3,(H,27,29)(H2,26,28,31). The maximum Gasteiger partial charge on any atom is 0.291 e. The molecule has 31 heavy (non-hydrogen) atoms. The molecular weight excluding hydrogens is 474 g/mol. The monoisotopic (exact) mass is 493 g/mol. The Morgan fingerprint density at radius 1 is 0.935 bits per heavy atom. The van der Waals surface area contributed by atoms with Crippen LogP contribution in [0.1, 0.15) is 29.1 Å². The molecule has 1 unspecified atom stereocenters. The number of carbonyl (C=O) groups excluding carboxylic acids is 1. The topological polar surface area (TPSA) is 66.3 Å². The maximum absolute atomic E-state index is 12.5. The average molecular weight is 494 g/mol. The van der Waals surface area contributed by atoms with Gasteiger partial charge in [-0.25, -0.2) is 0 Å². The number of halogens is 1. The predicted molar refractivity (Wildman–Crippen MR) is 133 cm³/mol. The number of amides is 1. The second-order valence-electron chi connectivity index (χ2n) is 7.05. The van der Waals surface area contributed by atoms with E-state index in [0.717, 1.165) is 21.1 Å². The van der Waals surface area contributed by atoms with Crippen molar-refractivity contribution in [2.24, 2.45) is 0 Å². The van der Waals surface area contributed by atoms with Gasteiger partial charge in [-0.2, -0.15) is 0 Å². The largest absolute Gasteiger partial charge is 0.451 e. The van der Waals surface area contributed by atoms with Gasteiger partial charge in [0.1, 0.15) is 5.58 Å². The van der Waals surface area contributed by atoms with E-state index in [9.17, 15) is 4.79 Å². The molecule has 156 valence electrons. The van der Waals surface area contributed by atoms with E-state index in [0.29, 0.717) is 16.4 Å². The van der Waals surface area contributed by atoms with Crippen molar-refractivity contribution < 1.29 is 9.21 Å². The fourth-order valence-electron chi connectivity index (χ4n) is 3.12. The number of para-hydroxylation sites is 1. The lowest BCUT2D eigenvalue weighted by atomic mass is 10.1. The molecule has 1 amide bonds. The Kier molecular flexibility index (Phi) is 6.34. The molecular formula is C24H20BrN3O2S. The number of nitrogens with one attached hydrogen (secondary N) is 3. The van der Waals surface area contributed by atoms with Crippen LogP contribution in [0.5, 0.6) is 0 Å². The smallest absolute Gasteiger partial charge is 0.291 e. The third-order valence-corrected chi connectivity index (χ3v) is 5.52. The number of anilines is 2. The Labute approximate surface area is 194 Å². The van der Waals surface area contributed by atoms with Gasteiger partial charge in [-0.1, -0.05) is 46.3 Å². The van der Waals surface area contributed by atoms with Gasteiger partial charge in [0.05, 0.1) is 6.04 Å². The van der Waals surface area contributed by atoms with E-state index < -0.39 is 0 Å². The summed E-state index contributed by atoms with van der Waals surface area (Å²) in [5, 5.41) is 10.7. The number of thiocarbonyl (C=S) groups is 1. The summed E-state index contributed by atoms with van der Waals surface area (Å²) in [6, 6.07) is 24.7. The van der Waals surface area contributed by atoms with Gasteiger partial charge in [-0.3, -0.25) is 4.79 Å². The van der Waals surface area contributed by atoms with Crippen LogP contribution in [0.25, 0.3) is 11.0 Å². The van der Waals surface area contributed by atoms with E-state index in [2.05, 4.69) is 31.9 Å². The molecule has 0 fully saturated rings. The number of hydrogen-bond acceptors (Lipinski definition) is 3. The molecule has 0 radical (unpaired) electrons. The van der Waals surface area contributed by atoms with E-state index in [1.165, 1.54) is 0 Å². The van der Waals surface area contributed by atoms with E-state index in [1.54, 1.807) is 6.07 Å². The zero-order valence-electron chi connectivity index (χ0n) is 16.7. The van der Waals surface area contributed by atoms with E-state index >= 15 is 0 Å². The number of furan rings is 1. The fourth-order valence-corrected chi connectivity index (χ4v) is 3.68. The average Bonchev–Trinajstić information content (AvgIpc) is 3.20. The van der Waals surface area contributed by atoms with E-state index in [1.807, 2.05) is 79.7 Å². The van der Waals surface area contributed by atoms with Crippen LogP contribution in [0.4, 0.5) is 11.4 Å². The van der Waals surface area contributed by atoms with Gasteiger partial charge in [0.15, 0.2) is 10.9 Å². The van der Waals surface area contributed by atoms with Gasteiger partial charge < -0.3 is 20.4 Å². The summed E-state index contributed by atoms with van der Waals surface area (Å²) in [4.78, 5) is 12.5. The molecule has 1 aromatic heterocycles. The normalized spacial score (nSPS) is 11.7. The van der Waals surface area contributed by atoms with Crippen LogP contribution in [0.15, 0.2) is 87.8 Å². The van der Waals surface area contributed by atoms with Crippen molar-refractivity contribution >= 4 is 61.5 Å². The van der Waals surface area contributed by atoms with E-state index in [4.69, 9.17) is 16.6 Å². The fraction of sp³-hybridized carbons (Fsp3) is 0.0833. The lowest BCUT2D eigenvalue weighted by Crippen LogP contribution is -2.30. The van der Waals surface area contributed by atoms with Gasteiger partial charge in [-0.05, 0) is 73.2 Å². The summed E-state index contributed by atoms with van der Waals surface area (Å²) in [6.07, 6.45) is 0. The summed E-state index contributed by atoms with van der Waals surface area (Å²) in [7, 11) is 0. The Morgan fingerprint density at radius 2 is 1.58 bits per heavy atom. The van der Waals surface area contributed by atoms with Crippen LogP contribution in [0, 0.1) is 0 Å². The molecule has 0 aliphatic rings. The predicted octanol–water partition coefficient (Wildman–Crippen LogP) is 6.50. The second-order valence-corrected chi connectivity index (χ2v) is 8.38. The first-order valence-electron chi connectivity index (χ1n) is 9.71. The Bertz CT molecular complexity index is 1190. The van der Waals surface area contributed by atoms with Crippen LogP contribution in [0.2, 0.25) is 0 Å². The number of carbonyl (C=O) groups is 1. The Hall–Kier alpha value is -3.16. The van der Waals surface area contributed by atoms with Crippen molar-refractivity contribution in [3.63, 3.8) is 0 Å². The molecule has 1 atom stereocenters. The van der Waals surface area contributed by atoms with E-state index in [-0.39, 0.29) is 17.7 Å². The maximum atomic E-state index is 12.5. The van der Waals surface area contributed by atoms with Crippen molar-refractivity contribution in [2.75, 3.05) is 10.6 Å². The lowest BCUT2D eigenvalue weighted by molar-refractivity contribution is 0.0998. The van der Waals surface area contributed by atoms with Crippen LogP contribution in [0.3, 0.4) is 0 Å². The summed E-state index contributed by atoms with van der Waals surface area (Å²) in [5.74, 6) is -0.0203. The van der Waals surface area contributed by atoms with Crippen LogP contribution >= 0.6 is 28.1 Å². The minimum Gasteiger partial charge on any atom is -0.451 e. The number of hydrogen-bond donors (Lipinski definition) is 3. The molecule has 7 heteroatoms. The highest BCUT2D eigenvalue weighted by Gasteiger charge is 2.12. The summed E-state index contributed by atoms with van der Waals surface area (Å²) in [6.45, 7) is 2.05. The molecule has 0 saturated carbocycles. The molecule has 0 aliphatic carbocycles. The minimum absolute atomic E-state index is 0.0653. The number of benzene rings is 3. The minimum atomic E-state index is -0.294. The zero-order valence-corrected chi connectivity index (χ0v) is 19.1. The highest BCUT2D eigenvalue weighted by atomic mass is 79.9. The van der Waals surface area contributed by atoms with Crippen molar-refractivity contribution in [3.8, 4) is 0 Å². The summed E-state index contributed by atoms with van der Waals surface area (Å²) < 4.78 is 6.64. The first-order chi connectivity index (χ1) is 15.0. The van der Waals surface area contributed by atoms with Crippen LogP contribution in [-0.2, 0) is 0 Å². The summed E-state index contributed by atoms with van der Waals surface area (Å²) in [5.41, 5.74) is 3.31. The van der Waals surface area contributed by atoms with Crippen molar-refractivity contribution in [3.05, 3.63) is 94.7 Å². The molecule has 0 aliphatic heterocycles. The van der Waals surface area contributed by atoms with Gasteiger partial charge in [0.25, 0.3) is 5.91 Å². The number of fused-ring (bicyclic) bond motifs is 1. The molecule has 4 rings (SSSR count). The van der Waals surface area contributed by atoms with Gasteiger partial charge in [-0.15, -0.1) is 0 Å².